The highest BCUT2D eigenvalue weighted by atomic mass is 16.5. The minimum atomic E-state index is -0.0796. The molecule has 0 atom stereocenters. The summed E-state index contributed by atoms with van der Waals surface area (Å²) in [6, 6.07) is 2.07. The number of nitrogens with one attached hydrogen (secondary N) is 1. The number of pyridine rings is 2. The van der Waals surface area contributed by atoms with E-state index in [9.17, 15) is 4.79 Å². The summed E-state index contributed by atoms with van der Waals surface area (Å²) in [5.41, 5.74) is 8.87. The van der Waals surface area contributed by atoms with Gasteiger partial charge in [0.15, 0.2) is 22.9 Å². The van der Waals surface area contributed by atoms with Crippen molar-refractivity contribution < 1.29 is 14.2 Å². The van der Waals surface area contributed by atoms with Crippen LogP contribution in [0.1, 0.15) is 48.9 Å². The van der Waals surface area contributed by atoms with E-state index in [1.165, 1.54) is 18.0 Å². The second-order valence-corrected chi connectivity index (χ2v) is 9.69. The molecule has 3 N–H and O–H groups in total. The molecule has 0 aromatic carbocycles. The quantitative estimate of drug-likeness (QED) is 0.326. The SMILES string of the molecule is COc1c(OC(=CN)c2cnccn2)cnc2nc(Nc3cc(C4CC4)cn(C4CCOCC4)c3=O)n(C)c12. The van der Waals surface area contributed by atoms with Crippen LogP contribution in [0.5, 0.6) is 11.5 Å². The number of nitrogens with two attached hydrogens (primary N) is 1. The van der Waals surface area contributed by atoms with Crippen molar-refractivity contribution in [1.82, 2.24) is 29.1 Å². The molecule has 0 amide bonds. The maximum absolute atomic E-state index is 13.6. The van der Waals surface area contributed by atoms with E-state index in [2.05, 4.69) is 25.3 Å². The van der Waals surface area contributed by atoms with Crippen molar-refractivity contribution in [3.63, 3.8) is 0 Å². The molecule has 5 heterocycles. The number of fused-ring (bicyclic) bond motifs is 1. The van der Waals surface area contributed by atoms with Gasteiger partial charge in [0.2, 0.25) is 5.95 Å². The average molecular weight is 531 g/mol. The summed E-state index contributed by atoms with van der Waals surface area (Å²) in [5, 5.41) is 3.28. The third kappa shape index (κ3) is 4.78. The lowest BCUT2D eigenvalue weighted by atomic mass is 10.1. The zero-order valence-corrected chi connectivity index (χ0v) is 21.8. The van der Waals surface area contributed by atoms with Gasteiger partial charge in [0.25, 0.3) is 5.56 Å². The smallest absolute Gasteiger partial charge is 0.274 e. The first-order valence-electron chi connectivity index (χ1n) is 12.9. The minimum Gasteiger partial charge on any atom is -0.491 e. The van der Waals surface area contributed by atoms with Gasteiger partial charge in [0, 0.05) is 51.1 Å². The van der Waals surface area contributed by atoms with Crippen molar-refractivity contribution in [3.8, 4) is 11.5 Å². The van der Waals surface area contributed by atoms with Gasteiger partial charge in [-0.05, 0) is 43.2 Å². The van der Waals surface area contributed by atoms with Gasteiger partial charge in [0.1, 0.15) is 16.9 Å². The highest BCUT2D eigenvalue weighted by molar-refractivity contribution is 5.85. The van der Waals surface area contributed by atoms with Gasteiger partial charge in [0.05, 0.1) is 19.5 Å². The Hall–Kier alpha value is -4.45. The molecule has 2 aliphatic rings. The molecule has 1 aliphatic carbocycles. The lowest BCUT2D eigenvalue weighted by Crippen LogP contribution is -2.30. The highest BCUT2D eigenvalue weighted by Gasteiger charge is 2.28. The van der Waals surface area contributed by atoms with Gasteiger partial charge in [-0.2, -0.15) is 4.98 Å². The minimum absolute atomic E-state index is 0.0796. The van der Waals surface area contributed by atoms with Gasteiger partial charge >= 0.3 is 0 Å². The summed E-state index contributed by atoms with van der Waals surface area (Å²) < 4.78 is 21.0. The first-order valence-corrected chi connectivity index (χ1v) is 12.9. The lowest BCUT2D eigenvalue weighted by Gasteiger charge is -2.25. The van der Waals surface area contributed by atoms with Crippen molar-refractivity contribution in [1.29, 1.82) is 0 Å². The van der Waals surface area contributed by atoms with Crippen molar-refractivity contribution in [3.05, 3.63) is 64.9 Å². The molecule has 1 aliphatic heterocycles. The second kappa shape index (κ2) is 10.4. The number of rotatable bonds is 8. The van der Waals surface area contributed by atoms with E-state index < -0.39 is 0 Å². The first kappa shape index (κ1) is 24.9. The normalized spacial score (nSPS) is 16.4. The fourth-order valence-electron chi connectivity index (χ4n) is 4.93. The molecule has 0 spiro atoms. The van der Waals surface area contributed by atoms with Gasteiger partial charge < -0.3 is 34.4 Å². The maximum atomic E-state index is 13.6. The predicted molar refractivity (Wildman–Crippen MR) is 145 cm³/mol. The van der Waals surface area contributed by atoms with Crippen LogP contribution in [0.4, 0.5) is 11.6 Å². The van der Waals surface area contributed by atoms with Crippen molar-refractivity contribution in [2.75, 3.05) is 25.6 Å². The Labute approximate surface area is 224 Å². The third-order valence-electron chi connectivity index (χ3n) is 7.15. The Bertz CT molecular complexity index is 1590. The van der Waals surface area contributed by atoms with E-state index in [1.54, 1.807) is 30.3 Å². The zero-order chi connectivity index (χ0) is 26.9. The average Bonchev–Trinajstić information content (AvgIpc) is 3.78. The number of nitrogens with zero attached hydrogens (tertiary/aromatic N) is 6. The molecule has 12 heteroatoms. The number of aryl methyl sites for hydroxylation is 1. The zero-order valence-electron chi connectivity index (χ0n) is 21.8. The van der Waals surface area contributed by atoms with Crippen LogP contribution in [0.2, 0.25) is 0 Å². The lowest BCUT2D eigenvalue weighted by molar-refractivity contribution is 0.0686. The van der Waals surface area contributed by atoms with Crippen LogP contribution in [0.3, 0.4) is 0 Å². The Kier molecular flexibility index (Phi) is 6.61. The molecule has 1 saturated carbocycles. The van der Waals surface area contributed by atoms with Gasteiger partial charge in [-0.1, -0.05) is 0 Å². The number of imidazole rings is 1. The van der Waals surface area contributed by atoms with Crippen molar-refractivity contribution >= 4 is 28.6 Å². The number of anilines is 2. The largest absolute Gasteiger partial charge is 0.491 e. The molecule has 6 rings (SSSR count). The van der Waals surface area contributed by atoms with Crippen LogP contribution in [0.15, 0.2) is 48.0 Å². The molecule has 202 valence electrons. The van der Waals surface area contributed by atoms with Crippen LogP contribution in [0.25, 0.3) is 16.9 Å². The molecule has 4 aromatic heterocycles. The number of methoxy groups -OCH3 is 1. The Morgan fingerprint density at radius 3 is 2.69 bits per heavy atom. The summed E-state index contributed by atoms with van der Waals surface area (Å²) in [6.45, 7) is 1.32. The van der Waals surface area contributed by atoms with Crippen LogP contribution >= 0.6 is 0 Å². The van der Waals surface area contributed by atoms with Gasteiger partial charge in [-0.25, -0.2) is 9.97 Å². The van der Waals surface area contributed by atoms with Crippen LogP contribution in [-0.4, -0.2) is 49.4 Å². The van der Waals surface area contributed by atoms with Crippen LogP contribution < -0.4 is 26.1 Å². The van der Waals surface area contributed by atoms with E-state index >= 15 is 0 Å². The number of hydrogen-bond donors (Lipinski definition) is 2. The van der Waals surface area contributed by atoms with E-state index in [0.29, 0.717) is 64.9 Å². The number of hydrogen-bond acceptors (Lipinski definition) is 10. The monoisotopic (exact) mass is 530 g/mol. The Morgan fingerprint density at radius 1 is 1.18 bits per heavy atom. The predicted octanol–water partition coefficient (Wildman–Crippen LogP) is 3.24. The molecular formula is C27H30N8O4. The Morgan fingerprint density at radius 2 is 2.00 bits per heavy atom. The molecule has 0 radical (unpaired) electrons. The fraction of sp³-hybridized carbons (Fsp3) is 0.370. The van der Waals surface area contributed by atoms with Crippen molar-refractivity contribution in [2.45, 2.75) is 37.6 Å². The number of ether oxygens (including phenoxy) is 3. The van der Waals surface area contributed by atoms with E-state index in [0.717, 1.165) is 25.7 Å². The first-order chi connectivity index (χ1) is 19.1. The molecule has 1 saturated heterocycles. The molecule has 4 aromatic rings. The summed E-state index contributed by atoms with van der Waals surface area (Å²) in [5.74, 6) is 1.99. The molecule has 0 bridgehead atoms. The summed E-state index contributed by atoms with van der Waals surface area (Å²) in [4.78, 5) is 31.1. The summed E-state index contributed by atoms with van der Waals surface area (Å²) in [6.07, 6.45) is 13.4. The fourth-order valence-corrected chi connectivity index (χ4v) is 4.93. The van der Waals surface area contributed by atoms with Crippen LogP contribution in [0, 0.1) is 0 Å². The number of aromatic nitrogens is 6. The topological polar surface area (TPSA) is 144 Å². The van der Waals surface area contributed by atoms with Crippen LogP contribution in [-0.2, 0) is 11.8 Å². The standard InChI is InChI=1S/C27H30N8O4/c1-34-23-24(37-2)22(39-21(12-28)20-13-29-7-8-30-20)14-31-25(23)33-27(34)32-19-11-17(16-3-4-16)15-35(26(19)36)18-5-9-38-10-6-18/h7-8,11-16,18H,3-6,9-10,28H2,1-2H3,(H,31,32,33). The molecule has 2 fully saturated rings. The summed E-state index contributed by atoms with van der Waals surface area (Å²) in [7, 11) is 3.37. The second-order valence-electron chi connectivity index (χ2n) is 9.69. The molecule has 39 heavy (non-hydrogen) atoms. The van der Waals surface area contributed by atoms with Crippen molar-refractivity contribution in [2.24, 2.45) is 12.8 Å². The van der Waals surface area contributed by atoms with E-state index in [4.69, 9.17) is 19.9 Å². The molecule has 0 unspecified atom stereocenters. The van der Waals surface area contributed by atoms with E-state index in [-0.39, 0.29) is 11.6 Å². The third-order valence-corrected chi connectivity index (χ3v) is 7.15. The maximum Gasteiger partial charge on any atom is 0.274 e. The van der Waals surface area contributed by atoms with Gasteiger partial charge in [-0.15, -0.1) is 0 Å². The van der Waals surface area contributed by atoms with E-state index in [1.807, 2.05) is 23.9 Å². The summed E-state index contributed by atoms with van der Waals surface area (Å²) >= 11 is 0. The Balaban J connectivity index is 1.37. The molecule has 12 nitrogen and oxygen atoms in total. The van der Waals surface area contributed by atoms with Gasteiger partial charge in [-0.3, -0.25) is 9.78 Å². The highest BCUT2D eigenvalue weighted by Crippen LogP contribution is 2.41. The molecular weight excluding hydrogens is 500 g/mol.